The molecule has 0 aliphatic rings. The molecule has 0 rings (SSSR count). The van der Waals surface area contributed by atoms with Crippen molar-refractivity contribution in [1.82, 2.24) is 0 Å². The Bertz CT molecular complexity index is 109. The molecular formula is C4H6Si2. The molecule has 0 bridgehead atoms. The van der Waals surface area contributed by atoms with Gasteiger partial charge in [-0.3, -0.25) is 0 Å². The van der Waals surface area contributed by atoms with Crippen LogP contribution < -0.4 is 0 Å². The zero-order chi connectivity index (χ0) is 4.83. The van der Waals surface area contributed by atoms with Crippen molar-refractivity contribution in [3.05, 3.63) is 0 Å². The Kier molecular flexibility index (Phi) is 4.22. The smallest absolute Gasteiger partial charge is 0.0919 e. The maximum Gasteiger partial charge on any atom is 0.0919 e. The van der Waals surface area contributed by atoms with E-state index in [1.807, 2.05) is 0 Å². The van der Waals surface area contributed by atoms with Crippen LogP contribution in [-0.2, 0) is 0 Å². The van der Waals surface area contributed by atoms with Crippen LogP contribution in [0.15, 0.2) is 0 Å². The highest BCUT2D eigenvalue weighted by Crippen LogP contribution is 1.40. The van der Waals surface area contributed by atoms with Crippen molar-refractivity contribution in [3.63, 3.8) is 0 Å². The van der Waals surface area contributed by atoms with E-state index in [2.05, 4.69) is 22.9 Å². The number of hydrogen-bond acceptors (Lipinski definition) is 0. The van der Waals surface area contributed by atoms with Gasteiger partial charge in [-0.25, -0.2) is 0 Å². The van der Waals surface area contributed by atoms with E-state index in [4.69, 9.17) is 0 Å². The molecule has 0 spiro atoms. The number of rotatable bonds is 0. The molecule has 30 valence electrons. The molecule has 0 saturated carbocycles. The van der Waals surface area contributed by atoms with E-state index >= 15 is 0 Å². The lowest BCUT2D eigenvalue weighted by atomic mass is 10.7. The van der Waals surface area contributed by atoms with Gasteiger partial charge < -0.3 is 0 Å². The highest BCUT2D eigenvalue weighted by atomic mass is 28.1. The van der Waals surface area contributed by atoms with Crippen LogP contribution >= 0.6 is 0 Å². The summed E-state index contributed by atoms with van der Waals surface area (Å²) in [5.41, 5.74) is 5.61. The van der Waals surface area contributed by atoms with Crippen LogP contribution in [0.3, 0.4) is 0 Å². The summed E-state index contributed by atoms with van der Waals surface area (Å²) in [5.74, 6) is 5.37. The van der Waals surface area contributed by atoms with Crippen molar-refractivity contribution in [2.45, 2.75) is 0 Å². The summed E-state index contributed by atoms with van der Waals surface area (Å²) >= 11 is 0. The summed E-state index contributed by atoms with van der Waals surface area (Å²) in [6.07, 6.45) is 0. The van der Waals surface area contributed by atoms with Gasteiger partial charge in [-0.1, -0.05) is 0 Å². The Hall–Kier alpha value is -0.446. The summed E-state index contributed by atoms with van der Waals surface area (Å²) in [6, 6.07) is 0. The van der Waals surface area contributed by atoms with Crippen LogP contribution in [-0.4, -0.2) is 20.5 Å². The Morgan fingerprint density at radius 2 is 1.17 bits per heavy atom. The molecule has 0 N–H and O–H groups in total. The quantitative estimate of drug-likeness (QED) is 0.242. The zero-order valence-corrected chi connectivity index (χ0v) is 8.00. The van der Waals surface area contributed by atoms with Gasteiger partial charge in [-0.05, 0) is 11.8 Å². The van der Waals surface area contributed by atoms with Gasteiger partial charge in [-0.15, -0.1) is 11.1 Å². The van der Waals surface area contributed by atoms with Gasteiger partial charge >= 0.3 is 0 Å². The van der Waals surface area contributed by atoms with Gasteiger partial charge in [0.15, 0.2) is 0 Å². The highest BCUT2D eigenvalue weighted by Gasteiger charge is 1.41. The standard InChI is InChI=1S/C4H6Si2/c5-3-1-2-4-6/h5-6H3. The van der Waals surface area contributed by atoms with E-state index in [-0.39, 0.29) is 0 Å². The molecule has 0 atom stereocenters. The first kappa shape index (κ1) is 5.55. The Balaban J connectivity index is 3.43. The molecule has 0 aliphatic heterocycles. The Morgan fingerprint density at radius 3 is 1.33 bits per heavy atom. The lowest BCUT2D eigenvalue weighted by Crippen LogP contribution is -1.52. The summed E-state index contributed by atoms with van der Waals surface area (Å²) in [7, 11) is 1.91. The highest BCUT2D eigenvalue weighted by molar-refractivity contribution is 6.23. The molecule has 0 heterocycles. The summed E-state index contributed by atoms with van der Waals surface area (Å²) in [6.45, 7) is 0. The first-order valence-corrected chi connectivity index (χ1v) is 3.75. The minimum absolute atomic E-state index is 0.955. The fourth-order valence-electron chi connectivity index (χ4n) is 0.125. The van der Waals surface area contributed by atoms with Gasteiger partial charge in [0.05, 0.1) is 20.5 Å². The molecule has 0 fully saturated rings. The molecule has 0 amide bonds. The van der Waals surface area contributed by atoms with Crippen molar-refractivity contribution in [1.29, 1.82) is 0 Å². The lowest BCUT2D eigenvalue weighted by Gasteiger charge is -1.49. The van der Waals surface area contributed by atoms with Crippen LogP contribution in [0.25, 0.3) is 0 Å². The van der Waals surface area contributed by atoms with Gasteiger partial charge in [-0.2, -0.15) is 0 Å². The first-order valence-electron chi connectivity index (χ1n) is 1.75. The molecule has 0 nitrogen and oxygen atoms in total. The van der Waals surface area contributed by atoms with Crippen molar-refractivity contribution in [2.75, 3.05) is 0 Å². The minimum atomic E-state index is 0.955. The second-order valence-electron chi connectivity index (χ2n) is 0.750. The van der Waals surface area contributed by atoms with E-state index in [1.54, 1.807) is 0 Å². The van der Waals surface area contributed by atoms with Crippen LogP contribution in [0, 0.1) is 22.9 Å². The molecule has 0 aliphatic carbocycles. The zero-order valence-electron chi connectivity index (χ0n) is 4.00. The fraction of sp³-hybridized carbons (Fsp3) is 0. The van der Waals surface area contributed by atoms with E-state index in [0.717, 1.165) is 20.5 Å². The summed E-state index contributed by atoms with van der Waals surface area (Å²) in [4.78, 5) is 0. The normalized spacial score (nSPS) is 4.67. The molecule has 0 aromatic heterocycles. The van der Waals surface area contributed by atoms with Crippen molar-refractivity contribution < 1.29 is 0 Å². The largest absolute Gasteiger partial charge is 0.130 e. The molecule has 2 heteroatoms. The Morgan fingerprint density at radius 1 is 0.833 bits per heavy atom. The molecule has 0 unspecified atom stereocenters. The van der Waals surface area contributed by atoms with E-state index in [1.165, 1.54) is 0 Å². The van der Waals surface area contributed by atoms with Gasteiger partial charge in [0.25, 0.3) is 0 Å². The molecule has 6 heavy (non-hydrogen) atoms. The van der Waals surface area contributed by atoms with Gasteiger partial charge in [0, 0.05) is 0 Å². The van der Waals surface area contributed by atoms with E-state index in [9.17, 15) is 0 Å². The second-order valence-corrected chi connectivity index (χ2v) is 1.75. The molecule has 0 saturated heterocycles. The Labute approximate surface area is 44.2 Å². The van der Waals surface area contributed by atoms with Crippen molar-refractivity contribution in [2.24, 2.45) is 0 Å². The fourth-order valence-corrected chi connectivity index (χ4v) is 0.375. The molecule has 0 radical (unpaired) electrons. The predicted molar refractivity (Wildman–Crippen MR) is 35.4 cm³/mol. The third-order valence-corrected chi connectivity index (χ3v) is 0.812. The second kappa shape index (κ2) is 4.55. The SMILES string of the molecule is [SiH3]C#CC#C[SiH3]. The monoisotopic (exact) mass is 110 g/mol. The van der Waals surface area contributed by atoms with Gasteiger partial charge in [0.1, 0.15) is 0 Å². The average molecular weight is 110 g/mol. The summed E-state index contributed by atoms with van der Waals surface area (Å²) < 4.78 is 0. The van der Waals surface area contributed by atoms with Crippen molar-refractivity contribution >= 4 is 20.5 Å². The topological polar surface area (TPSA) is 0 Å². The maximum absolute atomic E-state index is 2.81. The predicted octanol–water partition coefficient (Wildman–Crippen LogP) is -2.36. The average Bonchev–Trinajstić information content (AvgIpc) is 1.61. The van der Waals surface area contributed by atoms with Crippen LogP contribution in [0.2, 0.25) is 0 Å². The maximum atomic E-state index is 2.81. The minimum Gasteiger partial charge on any atom is -0.130 e. The number of hydrogen-bond donors (Lipinski definition) is 0. The van der Waals surface area contributed by atoms with Crippen molar-refractivity contribution in [3.8, 4) is 22.9 Å². The van der Waals surface area contributed by atoms with Crippen LogP contribution in [0.1, 0.15) is 0 Å². The summed E-state index contributed by atoms with van der Waals surface area (Å²) in [5, 5.41) is 0. The van der Waals surface area contributed by atoms with Crippen LogP contribution in [0.5, 0.6) is 0 Å². The first-order chi connectivity index (χ1) is 2.91. The van der Waals surface area contributed by atoms with E-state index in [0.29, 0.717) is 0 Å². The third-order valence-electron chi connectivity index (χ3n) is 0.312. The van der Waals surface area contributed by atoms with Crippen LogP contribution in [0.4, 0.5) is 0 Å². The molecule has 0 aromatic rings. The molecule has 0 aromatic carbocycles. The van der Waals surface area contributed by atoms with Gasteiger partial charge in [0.2, 0.25) is 0 Å². The van der Waals surface area contributed by atoms with E-state index < -0.39 is 0 Å². The molecular weight excluding hydrogens is 104 g/mol. The lowest BCUT2D eigenvalue weighted by molar-refractivity contribution is 2.56. The third kappa shape index (κ3) is 3.55.